The molecule has 2 aromatic carbocycles. The Morgan fingerprint density at radius 2 is 1.36 bits per heavy atom. The molecule has 0 spiro atoms. The average molecular weight is 331 g/mol. The van der Waals surface area contributed by atoms with Crippen molar-refractivity contribution in [1.29, 1.82) is 0 Å². The van der Waals surface area contributed by atoms with Crippen molar-refractivity contribution in [3.8, 4) is 5.75 Å². The summed E-state index contributed by atoms with van der Waals surface area (Å²) in [6, 6.07) is 16.4. The maximum absolute atomic E-state index is 9.46. The SMILES string of the molecule is C[SiH2]O[Si](C)(C)c1ccc(C(C)(C)c2ccc(O)cc2)cc1. The molecule has 0 aliphatic heterocycles. The number of phenolic OH excluding ortho intramolecular Hbond substituents is 1. The summed E-state index contributed by atoms with van der Waals surface area (Å²) in [7, 11) is -2.10. The van der Waals surface area contributed by atoms with E-state index < -0.39 is 8.32 Å². The Morgan fingerprint density at radius 3 is 1.82 bits per heavy atom. The molecule has 118 valence electrons. The summed E-state index contributed by atoms with van der Waals surface area (Å²) in [5, 5.41) is 10.8. The molecule has 0 aliphatic rings. The van der Waals surface area contributed by atoms with Crippen LogP contribution >= 0.6 is 0 Å². The molecule has 0 radical (unpaired) electrons. The fourth-order valence-electron chi connectivity index (χ4n) is 2.78. The topological polar surface area (TPSA) is 29.5 Å². The summed E-state index contributed by atoms with van der Waals surface area (Å²) in [5.74, 6) is 0.309. The van der Waals surface area contributed by atoms with E-state index in [4.69, 9.17) is 4.12 Å². The van der Waals surface area contributed by atoms with Crippen LogP contribution < -0.4 is 5.19 Å². The molecule has 0 saturated carbocycles. The van der Waals surface area contributed by atoms with E-state index >= 15 is 0 Å². The van der Waals surface area contributed by atoms with Crippen molar-refractivity contribution in [2.75, 3.05) is 0 Å². The molecule has 0 bridgehead atoms. The molecule has 0 aliphatic carbocycles. The first-order chi connectivity index (χ1) is 10.3. The lowest BCUT2D eigenvalue weighted by atomic mass is 9.78. The largest absolute Gasteiger partial charge is 0.508 e. The highest BCUT2D eigenvalue weighted by Gasteiger charge is 2.26. The molecular formula is C18H26O2Si2. The Hall–Kier alpha value is -1.37. The van der Waals surface area contributed by atoms with Crippen LogP contribution in [0, 0.1) is 0 Å². The molecule has 1 N–H and O–H groups in total. The third-order valence-corrected chi connectivity index (χ3v) is 10.2. The van der Waals surface area contributed by atoms with Gasteiger partial charge in [0.1, 0.15) is 15.5 Å². The summed E-state index contributed by atoms with van der Waals surface area (Å²) in [6.45, 7) is 11.2. The summed E-state index contributed by atoms with van der Waals surface area (Å²) >= 11 is 0. The number of phenols is 1. The van der Waals surface area contributed by atoms with Gasteiger partial charge in [-0.2, -0.15) is 0 Å². The Labute approximate surface area is 137 Å². The van der Waals surface area contributed by atoms with E-state index in [0.29, 0.717) is 5.75 Å². The van der Waals surface area contributed by atoms with Gasteiger partial charge in [0.15, 0.2) is 0 Å². The van der Waals surface area contributed by atoms with Gasteiger partial charge in [0.05, 0.1) is 0 Å². The molecule has 4 heteroatoms. The Balaban J connectivity index is 2.31. The molecule has 2 nitrogen and oxygen atoms in total. The third kappa shape index (κ3) is 3.51. The number of hydrogen-bond acceptors (Lipinski definition) is 2. The molecule has 0 saturated heterocycles. The lowest BCUT2D eigenvalue weighted by Gasteiger charge is -2.28. The van der Waals surface area contributed by atoms with Crippen LogP contribution in [-0.4, -0.2) is 23.2 Å². The highest BCUT2D eigenvalue weighted by Crippen LogP contribution is 2.32. The molecule has 22 heavy (non-hydrogen) atoms. The zero-order chi connectivity index (χ0) is 16.4. The predicted molar refractivity (Wildman–Crippen MR) is 99.3 cm³/mol. The van der Waals surface area contributed by atoms with Gasteiger partial charge in [0, 0.05) is 5.41 Å². The minimum Gasteiger partial charge on any atom is -0.508 e. The van der Waals surface area contributed by atoms with E-state index in [1.54, 1.807) is 12.1 Å². The second-order valence-electron chi connectivity index (χ2n) is 6.69. The maximum Gasteiger partial charge on any atom is 0.205 e. The van der Waals surface area contributed by atoms with Crippen molar-refractivity contribution >= 4 is 23.3 Å². The maximum atomic E-state index is 9.46. The fraction of sp³-hybridized carbons (Fsp3) is 0.333. The second-order valence-corrected chi connectivity index (χ2v) is 12.0. The van der Waals surface area contributed by atoms with Crippen LogP contribution in [-0.2, 0) is 9.53 Å². The van der Waals surface area contributed by atoms with Crippen molar-refractivity contribution in [1.82, 2.24) is 0 Å². The minimum absolute atomic E-state index is 0.0850. The van der Waals surface area contributed by atoms with Crippen molar-refractivity contribution in [3.05, 3.63) is 59.7 Å². The Morgan fingerprint density at radius 1 is 0.909 bits per heavy atom. The average Bonchev–Trinajstić information content (AvgIpc) is 2.48. The van der Waals surface area contributed by atoms with Crippen LogP contribution in [0.3, 0.4) is 0 Å². The van der Waals surface area contributed by atoms with E-state index in [2.05, 4.69) is 57.8 Å². The third-order valence-electron chi connectivity index (χ3n) is 4.40. The first kappa shape index (κ1) is 17.0. The van der Waals surface area contributed by atoms with Crippen molar-refractivity contribution < 1.29 is 9.22 Å². The van der Waals surface area contributed by atoms with Gasteiger partial charge in [-0.05, 0) is 41.5 Å². The second kappa shape index (κ2) is 6.40. The lowest BCUT2D eigenvalue weighted by Crippen LogP contribution is -2.45. The first-order valence-corrected chi connectivity index (χ1v) is 12.7. The molecule has 0 amide bonds. The molecule has 2 aromatic rings. The molecule has 0 atom stereocenters. The normalized spacial score (nSPS) is 13.0. The van der Waals surface area contributed by atoms with E-state index in [-0.39, 0.29) is 15.2 Å². The highest BCUT2D eigenvalue weighted by molar-refractivity contribution is 6.87. The van der Waals surface area contributed by atoms with E-state index in [1.807, 2.05) is 12.1 Å². The standard InChI is InChI=1S/C18H26O2Si2/c1-18(2,14-6-10-16(19)11-7-14)15-8-12-17(13-9-15)22(4,5)20-21-3/h6-13,19H,21H2,1-5H3. The molecule has 0 heterocycles. The van der Waals surface area contributed by atoms with Crippen LogP contribution in [0.5, 0.6) is 5.75 Å². The Kier molecular flexibility index (Phi) is 4.95. The van der Waals surface area contributed by atoms with Crippen LogP contribution in [0.15, 0.2) is 48.5 Å². The van der Waals surface area contributed by atoms with Gasteiger partial charge in [-0.1, -0.05) is 56.8 Å². The van der Waals surface area contributed by atoms with Gasteiger partial charge in [-0.25, -0.2) is 0 Å². The van der Waals surface area contributed by atoms with Gasteiger partial charge < -0.3 is 9.22 Å². The van der Waals surface area contributed by atoms with Crippen molar-refractivity contribution in [3.63, 3.8) is 0 Å². The molecule has 0 unspecified atom stereocenters. The van der Waals surface area contributed by atoms with Gasteiger partial charge in [0.25, 0.3) is 0 Å². The monoisotopic (exact) mass is 330 g/mol. The predicted octanol–water partition coefficient (Wildman–Crippen LogP) is 3.28. The van der Waals surface area contributed by atoms with E-state index in [0.717, 1.165) is 0 Å². The number of benzene rings is 2. The van der Waals surface area contributed by atoms with E-state index in [9.17, 15) is 5.11 Å². The number of hydrogen-bond donors (Lipinski definition) is 1. The molecule has 0 aromatic heterocycles. The number of aromatic hydroxyl groups is 1. The molecule has 2 rings (SSSR count). The molecular weight excluding hydrogens is 304 g/mol. The quantitative estimate of drug-likeness (QED) is 0.853. The zero-order valence-corrected chi connectivity index (χ0v) is 16.6. The van der Waals surface area contributed by atoms with Crippen LogP contribution in [0.4, 0.5) is 0 Å². The van der Waals surface area contributed by atoms with Crippen LogP contribution in [0.25, 0.3) is 0 Å². The summed E-state index contributed by atoms with van der Waals surface area (Å²) in [4.78, 5) is 0. The van der Waals surface area contributed by atoms with Crippen LogP contribution in [0.2, 0.25) is 19.6 Å². The van der Waals surface area contributed by atoms with Gasteiger partial charge in [-0.3, -0.25) is 0 Å². The van der Waals surface area contributed by atoms with Crippen LogP contribution in [0.1, 0.15) is 25.0 Å². The van der Waals surface area contributed by atoms with Gasteiger partial charge in [-0.15, -0.1) is 0 Å². The smallest absolute Gasteiger partial charge is 0.205 e. The Bertz CT molecular complexity index is 617. The molecule has 0 fully saturated rings. The van der Waals surface area contributed by atoms with Crippen molar-refractivity contribution in [2.45, 2.75) is 38.9 Å². The zero-order valence-electron chi connectivity index (χ0n) is 14.2. The number of rotatable bonds is 5. The fourth-order valence-corrected chi connectivity index (χ4v) is 7.30. The first-order valence-electron chi connectivity index (χ1n) is 7.82. The van der Waals surface area contributed by atoms with Crippen molar-refractivity contribution in [2.24, 2.45) is 0 Å². The highest BCUT2D eigenvalue weighted by atomic mass is 28.4. The lowest BCUT2D eigenvalue weighted by molar-refractivity contribution is 0.474. The summed E-state index contributed by atoms with van der Waals surface area (Å²) in [5.41, 5.74) is 2.39. The summed E-state index contributed by atoms with van der Waals surface area (Å²) in [6.07, 6.45) is 0. The minimum atomic E-state index is -1.72. The van der Waals surface area contributed by atoms with E-state index in [1.165, 1.54) is 16.3 Å². The summed E-state index contributed by atoms with van der Waals surface area (Å²) < 4.78 is 6.09. The van der Waals surface area contributed by atoms with Gasteiger partial charge >= 0.3 is 0 Å². The van der Waals surface area contributed by atoms with Gasteiger partial charge in [0.2, 0.25) is 8.32 Å².